The van der Waals surface area contributed by atoms with E-state index in [4.69, 9.17) is 10.00 Å². The van der Waals surface area contributed by atoms with Crippen molar-refractivity contribution in [1.82, 2.24) is 9.55 Å². The Kier molecular flexibility index (Phi) is 4.85. The first-order valence-electron chi connectivity index (χ1n) is 8.37. The van der Waals surface area contributed by atoms with Crippen molar-refractivity contribution in [2.75, 3.05) is 6.61 Å². The smallest absolute Gasteiger partial charge is 0.331 e. The van der Waals surface area contributed by atoms with E-state index in [1.165, 1.54) is 6.08 Å². The van der Waals surface area contributed by atoms with Gasteiger partial charge in [-0.05, 0) is 68.3 Å². The van der Waals surface area contributed by atoms with E-state index in [1.807, 2.05) is 38.1 Å². The summed E-state index contributed by atoms with van der Waals surface area (Å²) in [7, 11) is 0. The van der Waals surface area contributed by atoms with Crippen molar-refractivity contribution in [3.8, 4) is 11.8 Å². The number of benzene rings is 1. The van der Waals surface area contributed by atoms with E-state index < -0.39 is 0 Å². The summed E-state index contributed by atoms with van der Waals surface area (Å²) in [6, 6.07) is 13.6. The van der Waals surface area contributed by atoms with Gasteiger partial charge in [0, 0.05) is 23.7 Å². The van der Waals surface area contributed by atoms with Gasteiger partial charge in [-0.2, -0.15) is 5.26 Å². The molecule has 0 fully saturated rings. The van der Waals surface area contributed by atoms with Crippen LogP contribution < -0.4 is 0 Å². The molecule has 0 N–H and O–H groups in total. The Morgan fingerprint density at radius 1 is 1.31 bits per heavy atom. The zero-order chi connectivity index (χ0) is 18.7. The van der Waals surface area contributed by atoms with E-state index in [0.717, 1.165) is 33.6 Å². The number of carbonyl (C=O) groups is 1. The monoisotopic (exact) mass is 345 g/mol. The van der Waals surface area contributed by atoms with E-state index in [-0.39, 0.29) is 5.97 Å². The van der Waals surface area contributed by atoms with Crippen LogP contribution in [0.3, 0.4) is 0 Å². The van der Waals surface area contributed by atoms with E-state index in [9.17, 15) is 4.79 Å². The molecule has 3 rings (SSSR count). The lowest BCUT2D eigenvalue weighted by Crippen LogP contribution is -2.00. The number of aromatic nitrogens is 2. The Hall–Kier alpha value is -3.39. The maximum absolute atomic E-state index is 11.7. The number of allylic oxidation sites excluding steroid dienone is 1. The molecule has 2 heterocycles. The van der Waals surface area contributed by atoms with Crippen molar-refractivity contribution in [1.29, 1.82) is 5.26 Å². The number of hydrogen-bond acceptors (Lipinski definition) is 4. The summed E-state index contributed by atoms with van der Waals surface area (Å²) in [5, 5.41) is 8.98. The summed E-state index contributed by atoms with van der Waals surface area (Å²) < 4.78 is 7.06. The van der Waals surface area contributed by atoms with E-state index in [0.29, 0.717) is 12.2 Å². The molecule has 0 radical (unpaired) electrons. The highest BCUT2D eigenvalue weighted by Crippen LogP contribution is 2.26. The number of rotatable bonds is 4. The number of esters is 1. The topological polar surface area (TPSA) is 67.9 Å². The lowest BCUT2D eigenvalue weighted by atomic mass is 10.1. The Bertz CT molecular complexity index is 1040. The van der Waals surface area contributed by atoms with Crippen molar-refractivity contribution >= 4 is 22.6 Å². The summed E-state index contributed by atoms with van der Waals surface area (Å²) in [4.78, 5) is 16.2. The van der Waals surface area contributed by atoms with Crippen LogP contribution >= 0.6 is 0 Å². The van der Waals surface area contributed by atoms with Crippen molar-refractivity contribution in [3.63, 3.8) is 0 Å². The minimum Gasteiger partial charge on any atom is -0.463 e. The first kappa shape index (κ1) is 17.4. The average molecular weight is 345 g/mol. The van der Waals surface area contributed by atoms with Gasteiger partial charge in [0.05, 0.1) is 29.3 Å². The summed E-state index contributed by atoms with van der Waals surface area (Å²) in [5.74, 6) is -0.358. The van der Waals surface area contributed by atoms with Gasteiger partial charge in [-0.1, -0.05) is 0 Å². The zero-order valence-electron chi connectivity index (χ0n) is 15.0. The summed E-state index contributed by atoms with van der Waals surface area (Å²) in [5.41, 5.74) is 6.10. The fraction of sp³-hybridized carbons (Fsp3) is 0.190. The van der Waals surface area contributed by atoms with E-state index >= 15 is 0 Å². The average Bonchev–Trinajstić information content (AvgIpc) is 2.96. The number of nitriles is 1. The molecule has 0 saturated heterocycles. The Balaban J connectivity index is 2.09. The number of nitrogens with zero attached hydrogens (tertiary/aromatic N) is 3. The maximum Gasteiger partial charge on any atom is 0.331 e. The molecule has 3 aromatic rings. The molecule has 0 saturated carbocycles. The molecule has 1 aromatic carbocycles. The van der Waals surface area contributed by atoms with Gasteiger partial charge < -0.3 is 9.30 Å². The molecule has 0 spiro atoms. The lowest BCUT2D eigenvalue weighted by molar-refractivity contribution is -0.137. The van der Waals surface area contributed by atoms with Gasteiger partial charge in [0.2, 0.25) is 0 Å². The van der Waals surface area contributed by atoms with Crippen LogP contribution in [0.15, 0.2) is 48.7 Å². The van der Waals surface area contributed by atoms with Crippen molar-refractivity contribution < 1.29 is 9.53 Å². The first-order chi connectivity index (χ1) is 12.5. The normalized spacial score (nSPS) is 11.4. The minimum absolute atomic E-state index is 0.348. The van der Waals surface area contributed by atoms with Crippen LogP contribution in [0.25, 0.3) is 22.3 Å². The fourth-order valence-corrected chi connectivity index (χ4v) is 2.89. The highest BCUT2D eigenvalue weighted by atomic mass is 16.5. The molecular weight excluding hydrogens is 326 g/mol. The van der Waals surface area contributed by atoms with Crippen molar-refractivity contribution in [2.24, 2.45) is 0 Å². The molecule has 0 aliphatic carbocycles. The summed E-state index contributed by atoms with van der Waals surface area (Å²) in [6.07, 6.45) is 3.24. The highest BCUT2D eigenvalue weighted by Gasteiger charge is 2.11. The molecule has 0 bridgehead atoms. The molecule has 0 atom stereocenters. The number of carbonyl (C=O) groups excluding carboxylic acids is 1. The molecule has 0 unspecified atom stereocenters. The molecular formula is C21H19N3O2. The molecule has 130 valence electrons. The van der Waals surface area contributed by atoms with Gasteiger partial charge >= 0.3 is 5.97 Å². The van der Waals surface area contributed by atoms with Crippen LogP contribution in [0.4, 0.5) is 0 Å². The maximum atomic E-state index is 11.7. The van der Waals surface area contributed by atoms with Crippen LogP contribution in [0.2, 0.25) is 0 Å². The molecule has 5 nitrogen and oxygen atoms in total. The third-order valence-electron chi connectivity index (χ3n) is 4.17. The van der Waals surface area contributed by atoms with Crippen LogP contribution in [0.1, 0.15) is 30.7 Å². The number of aryl methyl sites for hydroxylation is 1. The minimum atomic E-state index is -0.358. The number of pyridine rings is 1. The van der Waals surface area contributed by atoms with Crippen LogP contribution in [-0.2, 0) is 9.53 Å². The summed E-state index contributed by atoms with van der Waals surface area (Å²) >= 11 is 0. The van der Waals surface area contributed by atoms with E-state index in [1.54, 1.807) is 25.3 Å². The fourth-order valence-electron chi connectivity index (χ4n) is 2.89. The SMILES string of the molecule is CCOC(=O)/C=C(\C)c1cnc2cc(C)n(-c3ccc(C#N)cc3)c2c1. The Morgan fingerprint density at radius 2 is 2.04 bits per heavy atom. The van der Waals surface area contributed by atoms with Gasteiger partial charge in [0.1, 0.15) is 0 Å². The third-order valence-corrected chi connectivity index (χ3v) is 4.17. The predicted octanol–water partition coefficient (Wildman–Crippen LogP) is 4.17. The second kappa shape index (κ2) is 7.24. The van der Waals surface area contributed by atoms with Gasteiger partial charge in [-0.3, -0.25) is 4.98 Å². The molecule has 2 aromatic heterocycles. The molecule has 0 aliphatic heterocycles. The Labute approximate surface area is 152 Å². The predicted molar refractivity (Wildman–Crippen MR) is 101 cm³/mol. The number of hydrogen-bond donors (Lipinski definition) is 0. The number of ether oxygens (including phenoxy) is 1. The second-order valence-corrected chi connectivity index (χ2v) is 5.99. The van der Waals surface area contributed by atoms with Gasteiger partial charge in [-0.25, -0.2) is 4.79 Å². The van der Waals surface area contributed by atoms with Crippen LogP contribution in [0, 0.1) is 18.3 Å². The third kappa shape index (κ3) is 3.35. The van der Waals surface area contributed by atoms with Gasteiger partial charge in [-0.15, -0.1) is 0 Å². The lowest BCUT2D eigenvalue weighted by Gasteiger charge is -2.09. The van der Waals surface area contributed by atoms with E-state index in [2.05, 4.69) is 15.6 Å². The van der Waals surface area contributed by atoms with Crippen molar-refractivity contribution in [3.05, 3.63) is 65.5 Å². The summed E-state index contributed by atoms with van der Waals surface area (Å²) in [6.45, 7) is 6.01. The van der Waals surface area contributed by atoms with Gasteiger partial charge in [0.25, 0.3) is 0 Å². The molecule has 5 heteroatoms. The quantitative estimate of drug-likeness (QED) is 0.526. The van der Waals surface area contributed by atoms with Crippen LogP contribution in [0.5, 0.6) is 0 Å². The van der Waals surface area contributed by atoms with Crippen LogP contribution in [-0.4, -0.2) is 22.1 Å². The second-order valence-electron chi connectivity index (χ2n) is 5.99. The zero-order valence-corrected chi connectivity index (χ0v) is 15.0. The molecule has 0 aliphatic rings. The number of fused-ring (bicyclic) bond motifs is 1. The Morgan fingerprint density at radius 3 is 2.69 bits per heavy atom. The molecule has 26 heavy (non-hydrogen) atoms. The first-order valence-corrected chi connectivity index (χ1v) is 8.37. The van der Waals surface area contributed by atoms with Gasteiger partial charge in [0.15, 0.2) is 0 Å². The standard InChI is InChI=1S/C21H19N3O2/c1-4-26-21(25)9-14(2)17-11-20-19(23-13-17)10-15(3)24(20)18-7-5-16(12-22)6-8-18/h5-11,13H,4H2,1-3H3/b14-9+. The molecule has 0 amide bonds. The van der Waals surface area contributed by atoms with Crippen molar-refractivity contribution in [2.45, 2.75) is 20.8 Å². The highest BCUT2D eigenvalue weighted by molar-refractivity contribution is 5.92. The largest absolute Gasteiger partial charge is 0.463 e.